The first-order valence-electron chi connectivity index (χ1n) is 9.17. The van der Waals surface area contributed by atoms with Crippen molar-refractivity contribution >= 4 is 10.9 Å². The first kappa shape index (κ1) is 17.9. The fourth-order valence-corrected chi connectivity index (χ4v) is 3.35. The molecule has 0 bridgehead atoms. The van der Waals surface area contributed by atoms with Gasteiger partial charge in [0.25, 0.3) is 0 Å². The third-order valence-corrected chi connectivity index (χ3v) is 4.70. The summed E-state index contributed by atoms with van der Waals surface area (Å²) in [6.45, 7) is 1.65. The number of benzene rings is 3. The van der Waals surface area contributed by atoms with Gasteiger partial charge in [-0.2, -0.15) is 0 Å². The average molecular weight is 374 g/mol. The van der Waals surface area contributed by atoms with Crippen LogP contribution in [0.4, 0.5) is 0 Å². The summed E-state index contributed by atoms with van der Waals surface area (Å²) in [6, 6.07) is 22.6. The third-order valence-electron chi connectivity index (χ3n) is 4.70. The number of rotatable bonds is 6. The Balaban J connectivity index is 1.74. The standard InChI is InChI=1S/C23H22N2O3/c24-11-12-28-21-8-1-16(2-9-21)15-25-22-10-7-20(27)13-18(22)14-23(25)17-3-5-19(26)6-4-17/h1-10,13-14,26-27H,11-12,15,24H2. The van der Waals surface area contributed by atoms with Gasteiger partial charge in [-0.1, -0.05) is 12.1 Å². The number of ether oxygens (including phenoxy) is 1. The van der Waals surface area contributed by atoms with E-state index in [2.05, 4.69) is 10.6 Å². The van der Waals surface area contributed by atoms with E-state index in [1.54, 1.807) is 24.3 Å². The van der Waals surface area contributed by atoms with Crippen molar-refractivity contribution in [3.63, 3.8) is 0 Å². The molecule has 4 N–H and O–H groups in total. The van der Waals surface area contributed by atoms with Gasteiger partial charge in [-0.25, -0.2) is 0 Å². The first-order valence-corrected chi connectivity index (χ1v) is 9.17. The molecule has 1 aromatic heterocycles. The second kappa shape index (κ2) is 7.66. The minimum absolute atomic E-state index is 0.233. The molecule has 3 aromatic carbocycles. The van der Waals surface area contributed by atoms with Gasteiger partial charge in [-0.05, 0) is 71.8 Å². The summed E-state index contributed by atoms with van der Waals surface area (Å²) in [5, 5.41) is 20.4. The maximum atomic E-state index is 9.86. The van der Waals surface area contributed by atoms with Crippen molar-refractivity contribution in [3.8, 4) is 28.5 Å². The third kappa shape index (κ3) is 3.66. The van der Waals surface area contributed by atoms with Crippen molar-refractivity contribution in [3.05, 3.63) is 78.4 Å². The van der Waals surface area contributed by atoms with Crippen molar-refractivity contribution in [2.24, 2.45) is 5.73 Å². The Morgan fingerprint density at radius 3 is 2.25 bits per heavy atom. The van der Waals surface area contributed by atoms with E-state index in [-0.39, 0.29) is 11.5 Å². The molecule has 0 amide bonds. The molecule has 0 aliphatic rings. The Labute approximate surface area is 163 Å². The fourth-order valence-electron chi connectivity index (χ4n) is 3.35. The van der Waals surface area contributed by atoms with Crippen molar-refractivity contribution in [1.29, 1.82) is 0 Å². The molecule has 0 aliphatic carbocycles. The largest absolute Gasteiger partial charge is 0.508 e. The summed E-state index contributed by atoms with van der Waals surface area (Å²) < 4.78 is 7.76. The molecule has 5 nitrogen and oxygen atoms in total. The van der Waals surface area contributed by atoms with Gasteiger partial charge in [0.1, 0.15) is 23.9 Å². The van der Waals surface area contributed by atoms with Gasteiger partial charge in [0.2, 0.25) is 0 Å². The van der Waals surface area contributed by atoms with E-state index < -0.39 is 0 Å². The summed E-state index contributed by atoms with van der Waals surface area (Å²) in [7, 11) is 0. The van der Waals surface area contributed by atoms with E-state index in [0.717, 1.165) is 33.5 Å². The Morgan fingerprint density at radius 1 is 0.821 bits per heavy atom. The Kier molecular flexibility index (Phi) is 4.91. The lowest BCUT2D eigenvalue weighted by Crippen LogP contribution is -2.10. The zero-order valence-corrected chi connectivity index (χ0v) is 15.4. The van der Waals surface area contributed by atoms with Crippen LogP contribution in [0, 0.1) is 0 Å². The molecular formula is C23H22N2O3. The first-order chi connectivity index (χ1) is 13.6. The number of hydrogen-bond donors (Lipinski definition) is 3. The molecule has 28 heavy (non-hydrogen) atoms. The highest BCUT2D eigenvalue weighted by Crippen LogP contribution is 2.32. The molecule has 0 atom stereocenters. The van der Waals surface area contributed by atoms with E-state index in [0.29, 0.717) is 19.7 Å². The van der Waals surface area contributed by atoms with Gasteiger partial charge in [0.15, 0.2) is 0 Å². The lowest BCUT2D eigenvalue weighted by Gasteiger charge is -2.12. The number of nitrogens with two attached hydrogens (primary N) is 1. The van der Waals surface area contributed by atoms with Crippen LogP contribution in [-0.4, -0.2) is 27.9 Å². The zero-order valence-electron chi connectivity index (χ0n) is 15.4. The molecule has 142 valence electrons. The number of aromatic hydroxyl groups is 2. The monoisotopic (exact) mass is 374 g/mol. The van der Waals surface area contributed by atoms with Gasteiger partial charge < -0.3 is 25.3 Å². The highest BCUT2D eigenvalue weighted by molar-refractivity contribution is 5.88. The highest BCUT2D eigenvalue weighted by atomic mass is 16.5. The van der Waals surface area contributed by atoms with Gasteiger partial charge in [-0.3, -0.25) is 0 Å². The van der Waals surface area contributed by atoms with Crippen LogP contribution < -0.4 is 10.5 Å². The predicted octanol–water partition coefficient (Wildman–Crippen LogP) is 4.11. The highest BCUT2D eigenvalue weighted by Gasteiger charge is 2.12. The van der Waals surface area contributed by atoms with E-state index in [1.165, 1.54) is 0 Å². The normalized spacial score (nSPS) is 11.0. The van der Waals surface area contributed by atoms with Crippen LogP contribution in [0.1, 0.15) is 5.56 Å². The number of fused-ring (bicyclic) bond motifs is 1. The smallest absolute Gasteiger partial charge is 0.119 e. The van der Waals surface area contributed by atoms with Crippen molar-refractivity contribution in [2.45, 2.75) is 6.54 Å². The van der Waals surface area contributed by atoms with E-state index in [9.17, 15) is 10.2 Å². The van der Waals surface area contributed by atoms with Gasteiger partial charge >= 0.3 is 0 Å². The number of phenols is 2. The number of aromatic nitrogens is 1. The molecule has 0 fully saturated rings. The maximum absolute atomic E-state index is 9.86. The molecule has 1 heterocycles. The predicted molar refractivity (Wildman–Crippen MR) is 111 cm³/mol. The SMILES string of the molecule is NCCOc1ccc(Cn2c(-c3ccc(O)cc3)cc3cc(O)ccc32)cc1. The van der Waals surface area contributed by atoms with Gasteiger partial charge in [0.05, 0.1) is 0 Å². The molecule has 0 aliphatic heterocycles. The number of hydrogen-bond acceptors (Lipinski definition) is 4. The summed E-state index contributed by atoms with van der Waals surface area (Å²) in [6.07, 6.45) is 0. The van der Waals surface area contributed by atoms with Gasteiger partial charge in [-0.15, -0.1) is 0 Å². The quantitative estimate of drug-likeness (QED) is 0.475. The lowest BCUT2D eigenvalue weighted by molar-refractivity contribution is 0.328. The van der Waals surface area contributed by atoms with Crippen LogP contribution in [0.25, 0.3) is 22.2 Å². The summed E-state index contributed by atoms with van der Waals surface area (Å²) in [5.74, 6) is 1.27. The van der Waals surface area contributed by atoms with Gasteiger partial charge in [0, 0.05) is 29.7 Å². The zero-order chi connectivity index (χ0) is 19.5. The maximum Gasteiger partial charge on any atom is 0.119 e. The number of nitrogens with zero attached hydrogens (tertiary/aromatic N) is 1. The minimum Gasteiger partial charge on any atom is -0.508 e. The fraction of sp³-hybridized carbons (Fsp3) is 0.130. The summed E-state index contributed by atoms with van der Waals surface area (Å²) in [4.78, 5) is 0. The minimum atomic E-state index is 0.233. The Hall–Kier alpha value is -3.44. The van der Waals surface area contributed by atoms with Crippen LogP contribution in [0.15, 0.2) is 72.8 Å². The molecule has 0 spiro atoms. The summed E-state index contributed by atoms with van der Waals surface area (Å²) in [5.41, 5.74) is 9.66. The summed E-state index contributed by atoms with van der Waals surface area (Å²) >= 11 is 0. The Bertz CT molecular complexity index is 1080. The van der Waals surface area contributed by atoms with Crippen molar-refractivity contribution in [1.82, 2.24) is 4.57 Å². The molecule has 5 heteroatoms. The number of phenolic OH excluding ortho intramolecular Hbond substituents is 2. The van der Waals surface area contributed by atoms with Crippen LogP contribution in [0.3, 0.4) is 0 Å². The van der Waals surface area contributed by atoms with Crippen LogP contribution in [0.5, 0.6) is 17.2 Å². The van der Waals surface area contributed by atoms with Crippen molar-refractivity contribution < 1.29 is 14.9 Å². The van der Waals surface area contributed by atoms with Crippen LogP contribution in [-0.2, 0) is 6.54 Å². The lowest BCUT2D eigenvalue weighted by atomic mass is 10.1. The average Bonchev–Trinajstić information content (AvgIpc) is 3.05. The Morgan fingerprint density at radius 2 is 1.54 bits per heavy atom. The second-order valence-electron chi connectivity index (χ2n) is 6.69. The van der Waals surface area contributed by atoms with E-state index in [4.69, 9.17) is 10.5 Å². The molecule has 0 radical (unpaired) electrons. The van der Waals surface area contributed by atoms with E-state index >= 15 is 0 Å². The molecule has 4 aromatic rings. The molecule has 0 saturated carbocycles. The van der Waals surface area contributed by atoms with Crippen LogP contribution >= 0.6 is 0 Å². The van der Waals surface area contributed by atoms with Crippen LogP contribution in [0.2, 0.25) is 0 Å². The molecule has 0 unspecified atom stereocenters. The van der Waals surface area contributed by atoms with Crippen molar-refractivity contribution in [2.75, 3.05) is 13.2 Å². The molecular weight excluding hydrogens is 352 g/mol. The second-order valence-corrected chi connectivity index (χ2v) is 6.69. The topological polar surface area (TPSA) is 80.6 Å². The van der Waals surface area contributed by atoms with E-state index in [1.807, 2.05) is 42.5 Å². The molecule has 4 rings (SSSR count). The molecule has 0 saturated heterocycles.